The van der Waals surface area contributed by atoms with E-state index in [1.807, 2.05) is 6.07 Å². The lowest BCUT2D eigenvalue weighted by Crippen LogP contribution is -2.50. The van der Waals surface area contributed by atoms with Crippen molar-refractivity contribution in [3.8, 4) is 0 Å². The second kappa shape index (κ2) is 9.61. The molecule has 1 unspecified atom stereocenters. The van der Waals surface area contributed by atoms with Crippen LogP contribution < -0.4 is 10.6 Å². The van der Waals surface area contributed by atoms with Crippen LogP contribution in [0.5, 0.6) is 0 Å². The average molecular weight is 380 g/mol. The Kier molecular flexibility index (Phi) is 7.22. The van der Waals surface area contributed by atoms with Gasteiger partial charge in [0.05, 0.1) is 0 Å². The second-order valence-corrected chi connectivity index (χ2v) is 5.78. The summed E-state index contributed by atoms with van der Waals surface area (Å²) in [4.78, 5) is 24.1. The van der Waals surface area contributed by atoms with Crippen LogP contribution in [0.2, 0.25) is 0 Å². The molecule has 0 saturated heterocycles. The number of halogens is 3. The van der Waals surface area contributed by atoms with Gasteiger partial charge < -0.3 is 15.4 Å². The molecule has 5 nitrogen and oxygen atoms in total. The number of alkyl halides is 3. The van der Waals surface area contributed by atoms with Crippen LogP contribution in [0.4, 0.5) is 18.0 Å². The Morgan fingerprint density at radius 1 is 0.926 bits per heavy atom. The summed E-state index contributed by atoms with van der Waals surface area (Å²) in [7, 11) is 0. The highest BCUT2D eigenvalue weighted by Gasteiger charge is 2.30. The molecule has 2 amide bonds. The van der Waals surface area contributed by atoms with Crippen molar-refractivity contribution in [2.24, 2.45) is 0 Å². The molecule has 27 heavy (non-hydrogen) atoms. The van der Waals surface area contributed by atoms with E-state index in [4.69, 9.17) is 4.74 Å². The van der Waals surface area contributed by atoms with Gasteiger partial charge in [0, 0.05) is 6.42 Å². The first kappa shape index (κ1) is 20.3. The highest BCUT2D eigenvalue weighted by molar-refractivity contribution is 5.85. The van der Waals surface area contributed by atoms with E-state index >= 15 is 0 Å². The van der Waals surface area contributed by atoms with Crippen molar-refractivity contribution in [2.75, 3.05) is 6.54 Å². The van der Waals surface area contributed by atoms with Crippen LogP contribution in [-0.4, -0.2) is 30.8 Å². The second-order valence-electron chi connectivity index (χ2n) is 5.78. The summed E-state index contributed by atoms with van der Waals surface area (Å²) in [5.74, 6) is -0.937. The van der Waals surface area contributed by atoms with E-state index in [2.05, 4.69) is 5.32 Å². The summed E-state index contributed by atoms with van der Waals surface area (Å²) < 4.78 is 42.1. The van der Waals surface area contributed by atoms with Crippen LogP contribution in [-0.2, 0) is 22.6 Å². The molecule has 1 atom stereocenters. The minimum atomic E-state index is -4.54. The van der Waals surface area contributed by atoms with Crippen LogP contribution in [0.3, 0.4) is 0 Å². The smallest absolute Gasteiger partial charge is 0.408 e. The lowest BCUT2D eigenvalue weighted by Gasteiger charge is -2.19. The summed E-state index contributed by atoms with van der Waals surface area (Å²) in [5.41, 5.74) is 1.43. The first-order valence-corrected chi connectivity index (χ1v) is 8.19. The van der Waals surface area contributed by atoms with Crippen molar-refractivity contribution >= 4 is 12.0 Å². The van der Waals surface area contributed by atoms with Crippen LogP contribution in [0.1, 0.15) is 11.1 Å². The summed E-state index contributed by atoms with van der Waals surface area (Å²) in [6.45, 7) is -1.49. The van der Waals surface area contributed by atoms with E-state index < -0.39 is 30.8 Å². The lowest BCUT2D eigenvalue weighted by molar-refractivity contribution is -0.139. The molecule has 0 spiro atoms. The number of hydrogen-bond donors (Lipinski definition) is 2. The van der Waals surface area contributed by atoms with Gasteiger partial charge >= 0.3 is 12.3 Å². The Morgan fingerprint density at radius 3 is 2.04 bits per heavy atom. The predicted octanol–water partition coefficient (Wildman–Crippen LogP) is 3.20. The number of carbonyl (C=O) groups is 2. The van der Waals surface area contributed by atoms with Crippen LogP contribution >= 0.6 is 0 Å². The molecule has 0 aromatic heterocycles. The predicted molar refractivity (Wildman–Crippen MR) is 92.8 cm³/mol. The molecule has 2 aromatic rings. The van der Waals surface area contributed by atoms with E-state index in [1.54, 1.807) is 59.9 Å². The summed E-state index contributed by atoms with van der Waals surface area (Å²) in [6, 6.07) is 16.3. The Morgan fingerprint density at radius 2 is 1.48 bits per heavy atom. The summed E-state index contributed by atoms with van der Waals surface area (Å²) >= 11 is 0. The molecule has 0 radical (unpaired) electrons. The first-order chi connectivity index (χ1) is 12.8. The van der Waals surface area contributed by atoms with Crippen molar-refractivity contribution in [1.82, 2.24) is 10.6 Å². The van der Waals surface area contributed by atoms with E-state index in [9.17, 15) is 22.8 Å². The SMILES string of the molecule is O=C(NC(Cc1ccccc1)C(=O)NCC(F)(F)F)OCc1ccccc1. The molecule has 0 saturated carbocycles. The minimum absolute atomic E-state index is 0.0189. The number of nitrogens with one attached hydrogen (secondary N) is 2. The minimum Gasteiger partial charge on any atom is -0.445 e. The van der Waals surface area contributed by atoms with Gasteiger partial charge in [-0.3, -0.25) is 4.79 Å². The van der Waals surface area contributed by atoms with Gasteiger partial charge in [0.1, 0.15) is 19.2 Å². The lowest BCUT2D eigenvalue weighted by atomic mass is 10.1. The summed E-state index contributed by atoms with van der Waals surface area (Å²) in [6.07, 6.45) is -5.40. The molecule has 0 heterocycles. The number of ether oxygens (including phenoxy) is 1. The third-order valence-corrected chi connectivity index (χ3v) is 3.57. The summed E-state index contributed by atoms with van der Waals surface area (Å²) in [5, 5.41) is 4.12. The largest absolute Gasteiger partial charge is 0.445 e. The Labute approximate surface area is 154 Å². The molecular weight excluding hydrogens is 361 g/mol. The third kappa shape index (κ3) is 7.81. The van der Waals surface area contributed by atoms with Gasteiger partial charge in [0.2, 0.25) is 5.91 Å². The quantitative estimate of drug-likeness (QED) is 0.775. The van der Waals surface area contributed by atoms with E-state index in [-0.39, 0.29) is 13.0 Å². The number of carbonyl (C=O) groups excluding carboxylic acids is 2. The van der Waals surface area contributed by atoms with Crippen LogP contribution in [0, 0.1) is 0 Å². The van der Waals surface area contributed by atoms with E-state index in [1.165, 1.54) is 0 Å². The molecule has 0 aliphatic heterocycles. The zero-order valence-electron chi connectivity index (χ0n) is 14.3. The van der Waals surface area contributed by atoms with Gasteiger partial charge in [-0.25, -0.2) is 4.79 Å². The maximum atomic E-state index is 12.4. The maximum Gasteiger partial charge on any atom is 0.408 e. The van der Waals surface area contributed by atoms with Crippen LogP contribution in [0.25, 0.3) is 0 Å². The number of rotatable bonds is 7. The molecule has 144 valence electrons. The van der Waals surface area contributed by atoms with Gasteiger partial charge in [-0.05, 0) is 11.1 Å². The van der Waals surface area contributed by atoms with Crippen molar-refractivity contribution < 1.29 is 27.5 Å². The van der Waals surface area contributed by atoms with Crippen molar-refractivity contribution in [3.63, 3.8) is 0 Å². The fourth-order valence-corrected chi connectivity index (χ4v) is 2.28. The number of alkyl carbamates (subject to hydrolysis) is 1. The molecule has 2 aromatic carbocycles. The van der Waals surface area contributed by atoms with Gasteiger partial charge in [-0.2, -0.15) is 13.2 Å². The normalized spacial score (nSPS) is 12.1. The van der Waals surface area contributed by atoms with Crippen molar-refractivity contribution in [1.29, 1.82) is 0 Å². The number of benzene rings is 2. The molecule has 2 N–H and O–H groups in total. The molecule has 8 heteroatoms. The van der Waals surface area contributed by atoms with Gasteiger partial charge in [0.15, 0.2) is 0 Å². The molecule has 0 aliphatic carbocycles. The molecule has 0 aliphatic rings. The highest BCUT2D eigenvalue weighted by atomic mass is 19.4. The highest BCUT2D eigenvalue weighted by Crippen LogP contribution is 2.12. The van der Waals surface area contributed by atoms with E-state index in [0.29, 0.717) is 5.56 Å². The third-order valence-electron chi connectivity index (χ3n) is 3.57. The van der Waals surface area contributed by atoms with Gasteiger partial charge in [0.25, 0.3) is 0 Å². The standard InChI is InChI=1S/C19H19F3N2O3/c20-19(21,22)13-23-17(25)16(11-14-7-3-1-4-8-14)24-18(26)27-12-15-9-5-2-6-10-15/h1-10,16H,11-13H2,(H,23,25)(H,24,26). The van der Waals surface area contributed by atoms with Crippen molar-refractivity contribution in [2.45, 2.75) is 25.2 Å². The fraction of sp³-hybridized carbons (Fsp3) is 0.263. The Balaban J connectivity index is 1.97. The maximum absolute atomic E-state index is 12.4. The van der Waals surface area contributed by atoms with Gasteiger partial charge in [-0.1, -0.05) is 60.7 Å². The van der Waals surface area contributed by atoms with Crippen molar-refractivity contribution in [3.05, 3.63) is 71.8 Å². The topological polar surface area (TPSA) is 67.4 Å². The number of amides is 2. The van der Waals surface area contributed by atoms with Crippen LogP contribution in [0.15, 0.2) is 60.7 Å². The molecule has 2 rings (SSSR count). The first-order valence-electron chi connectivity index (χ1n) is 8.19. The van der Waals surface area contributed by atoms with E-state index in [0.717, 1.165) is 5.56 Å². The average Bonchev–Trinajstić information content (AvgIpc) is 2.65. The zero-order chi connectivity index (χ0) is 19.7. The van der Waals surface area contributed by atoms with Gasteiger partial charge in [-0.15, -0.1) is 0 Å². The Hall–Kier alpha value is -3.03. The molecule has 0 fully saturated rings. The fourth-order valence-electron chi connectivity index (χ4n) is 2.28. The monoisotopic (exact) mass is 380 g/mol. The zero-order valence-corrected chi connectivity index (χ0v) is 14.3. The molecular formula is C19H19F3N2O3. The molecule has 0 bridgehead atoms. The Bertz CT molecular complexity index is 737. The number of hydrogen-bond acceptors (Lipinski definition) is 3.